The van der Waals surface area contributed by atoms with E-state index < -0.39 is 0 Å². The molecule has 150 valence electrons. The summed E-state index contributed by atoms with van der Waals surface area (Å²) in [4.78, 5) is 14.8. The van der Waals surface area contributed by atoms with Crippen LogP contribution >= 0.6 is 0 Å². The van der Waals surface area contributed by atoms with Gasteiger partial charge in [0.15, 0.2) is 11.5 Å². The molecule has 7 heteroatoms. The minimum atomic E-state index is -0.239. The molecule has 1 amide bonds. The molecule has 3 rings (SSSR count). The van der Waals surface area contributed by atoms with Crippen LogP contribution in [0.5, 0.6) is 17.2 Å². The summed E-state index contributed by atoms with van der Waals surface area (Å²) in [5.41, 5.74) is 1.45. The number of anilines is 1. The van der Waals surface area contributed by atoms with E-state index >= 15 is 0 Å². The normalized spacial score (nSPS) is 16.0. The van der Waals surface area contributed by atoms with Gasteiger partial charge >= 0.3 is 0 Å². The molecule has 2 aromatic rings. The Labute approximate surface area is 164 Å². The van der Waals surface area contributed by atoms with Gasteiger partial charge in [0.05, 0.1) is 21.3 Å². The molecule has 0 aliphatic carbocycles. The van der Waals surface area contributed by atoms with Crippen LogP contribution in [0.4, 0.5) is 10.1 Å². The minimum Gasteiger partial charge on any atom is -0.493 e. The van der Waals surface area contributed by atoms with Gasteiger partial charge in [-0.05, 0) is 48.7 Å². The van der Waals surface area contributed by atoms with Crippen LogP contribution in [0.1, 0.15) is 16.8 Å². The number of hydrogen-bond acceptors (Lipinski definition) is 5. The van der Waals surface area contributed by atoms with Crippen molar-refractivity contribution in [2.24, 2.45) is 5.92 Å². The van der Waals surface area contributed by atoms with Crippen LogP contribution in [-0.2, 0) is 0 Å². The summed E-state index contributed by atoms with van der Waals surface area (Å²) in [5.74, 6) is 1.23. The van der Waals surface area contributed by atoms with Crippen molar-refractivity contribution in [2.45, 2.75) is 6.42 Å². The van der Waals surface area contributed by atoms with Gasteiger partial charge in [0, 0.05) is 30.9 Å². The second-order valence-electron chi connectivity index (χ2n) is 6.70. The standard InChI is InChI=1S/C21H25FN2O4/c1-26-18-10-15(11-19(27-2)20(18)28-3)21(25)23-12-14-8-9-24(13-14)17-6-4-16(22)5-7-17/h4-7,10-11,14H,8-9,12-13H2,1-3H3,(H,23,25). The number of ether oxygens (including phenoxy) is 3. The van der Waals surface area contributed by atoms with Gasteiger partial charge in [-0.3, -0.25) is 4.79 Å². The molecule has 1 aliphatic rings. The summed E-state index contributed by atoms with van der Waals surface area (Å²) in [6, 6.07) is 9.77. The Bertz CT molecular complexity index is 801. The lowest BCUT2D eigenvalue weighted by atomic mass is 10.1. The third kappa shape index (κ3) is 4.30. The highest BCUT2D eigenvalue weighted by molar-refractivity contribution is 5.95. The second kappa shape index (κ2) is 8.82. The molecule has 28 heavy (non-hydrogen) atoms. The minimum absolute atomic E-state index is 0.195. The topological polar surface area (TPSA) is 60.0 Å². The number of carbonyl (C=O) groups is 1. The molecule has 1 unspecified atom stereocenters. The molecule has 1 saturated heterocycles. The van der Waals surface area contributed by atoms with Gasteiger partial charge in [-0.2, -0.15) is 0 Å². The van der Waals surface area contributed by atoms with Crippen molar-refractivity contribution in [3.05, 3.63) is 47.8 Å². The Hall–Kier alpha value is -2.96. The monoisotopic (exact) mass is 388 g/mol. The molecule has 1 atom stereocenters. The van der Waals surface area contributed by atoms with Crippen LogP contribution in [0, 0.1) is 11.7 Å². The maximum Gasteiger partial charge on any atom is 0.251 e. The Balaban J connectivity index is 1.61. The summed E-state index contributed by atoms with van der Waals surface area (Å²) in [5, 5.41) is 2.98. The van der Waals surface area contributed by atoms with Crippen molar-refractivity contribution >= 4 is 11.6 Å². The highest BCUT2D eigenvalue weighted by Gasteiger charge is 2.24. The molecule has 2 aromatic carbocycles. The fourth-order valence-corrected chi connectivity index (χ4v) is 3.44. The lowest BCUT2D eigenvalue weighted by Crippen LogP contribution is -2.31. The van der Waals surface area contributed by atoms with E-state index in [9.17, 15) is 9.18 Å². The largest absolute Gasteiger partial charge is 0.493 e. The summed E-state index contributed by atoms with van der Waals surface area (Å²) in [6.45, 7) is 2.27. The average Bonchev–Trinajstić information content (AvgIpc) is 3.20. The van der Waals surface area contributed by atoms with Crippen molar-refractivity contribution in [3.63, 3.8) is 0 Å². The van der Waals surface area contributed by atoms with Crippen LogP contribution in [0.3, 0.4) is 0 Å². The summed E-state index contributed by atoms with van der Waals surface area (Å²) in [7, 11) is 4.55. The zero-order valence-corrected chi connectivity index (χ0v) is 16.3. The Kier molecular flexibility index (Phi) is 6.23. The predicted octanol–water partition coefficient (Wildman–Crippen LogP) is 3.11. The lowest BCUT2D eigenvalue weighted by Gasteiger charge is -2.19. The van der Waals surface area contributed by atoms with Crippen LogP contribution in [0.15, 0.2) is 36.4 Å². The van der Waals surface area contributed by atoms with E-state index in [0.29, 0.717) is 35.3 Å². The molecule has 0 aromatic heterocycles. The molecular weight excluding hydrogens is 363 g/mol. The highest BCUT2D eigenvalue weighted by Crippen LogP contribution is 2.38. The number of rotatable bonds is 7. The summed E-state index contributed by atoms with van der Waals surface area (Å²) < 4.78 is 29.0. The lowest BCUT2D eigenvalue weighted by molar-refractivity contribution is 0.0947. The molecule has 1 heterocycles. The summed E-state index contributed by atoms with van der Waals surface area (Å²) in [6.07, 6.45) is 0.965. The maximum absolute atomic E-state index is 13.1. The van der Waals surface area contributed by atoms with Crippen molar-refractivity contribution in [2.75, 3.05) is 45.9 Å². The van der Waals surface area contributed by atoms with Gasteiger partial charge < -0.3 is 24.4 Å². The van der Waals surface area contributed by atoms with Gasteiger partial charge in [0.2, 0.25) is 5.75 Å². The number of nitrogens with one attached hydrogen (secondary N) is 1. The number of methoxy groups -OCH3 is 3. The van der Waals surface area contributed by atoms with Crippen molar-refractivity contribution in [1.29, 1.82) is 0 Å². The van der Waals surface area contributed by atoms with Crippen molar-refractivity contribution in [1.82, 2.24) is 5.32 Å². The number of carbonyl (C=O) groups excluding carboxylic acids is 1. The number of benzene rings is 2. The molecular formula is C21H25FN2O4. The number of halogens is 1. The summed E-state index contributed by atoms with van der Waals surface area (Å²) >= 11 is 0. The molecule has 0 bridgehead atoms. The molecule has 1 fully saturated rings. The van der Waals surface area contributed by atoms with E-state index in [4.69, 9.17) is 14.2 Å². The zero-order valence-electron chi connectivity index (χ0n) is 16.3. The van der Waals surface area contributed by atoms with Crippen LogP contribution < -0.4 is 24.4 Å². The van der Waals surface area contributed by atoms with Crippen molar-refractivity contribution < 1.29 is 23.4 Å². The molecule has 1 N–H and O–H groups in total. The fraction of sp³-hybridized carbons (Fsp3) is 0.381. The molecule has 0 spiro atoms. The third-order valence-electron chi connectivity index (χ3n) is 4.96. The smallest absolute Gasteiger partial charge is 0.251 e. The van der Waals surface area contributed by atoms with Gasteiger partial charge in [-0.25, -0.2) is 4.39 Å². The molecule has 6 nitrogen and oxygen atoms in total. The third-order valence-corrected chi connectivity index (χ3v) is 4.96. The first-order valence-electron chi connectivity index (χ1n) is 9.14. The first kappa shape index (κ1) is 19.8. The quantitative estimate of drug-likeness (QED) is 0.790. The van der Waals surface area contributed by atoms with E-state index in [0.717, 1.165) is 25.2 Å². The SMILES string of the molecule is COc1cc(C(=O)NCC2CCN(c3ccc(F)cc3)C2)cc(OC)c1OC. The number of nitrogens with zero attached hydrogens (tertiary/aromatic N) is 1. The first-order valence-corrected chi connectivity index (χ1v) is 9.14. The highest BCUT2D eigenvalue weighted by atomic mass is 19.1. The van der Waals surface area contributed by atoms with Crippen LogP contribution in [0.2, 0.25) is 0 Å². The Morgan fingerprint density at radius 1 is 1.11 bits per heavy atom. The zero-order chi connectivity index (χ0) is 20.1. The van der Waals surface area contributed by atoms with Gasteiger partial charge in [-0.1, -0.05) is 0 Å². The average molecular weight is 388 g/mol. The van der Waals surface area contributed by atoms with Crippen molar-refractivity contribution in [3.8, 4) is 17.2 Å². The van der Waals surface area contributed by atoms with Gasteiger partial charge in [-0.15, -0.1) is 0 Å². The first-order chi connectivity index (χ1) is 13.5. The number of hydrogen-bond donors (Lipinski definition) is 1. The van der Waals surface area contributed by atoms with Gasteiger partial charge in [0.1, 0.15) is 5.82 Å². The predicted molar refractivity (Wildman–Crippen MR) is 105 cm³/mol. The van der Waals surface area contributed by atoms with E-state index in [-0.39, 0.29) is 11.7 Å². The molecule has 1 aliphatic heterocycles. The molecule has 0 saturated carbocycles. The maximum atomic E-state index is 13.1. The van der Waals surface area contributed by atoms with Crippen LogP contribution in [-0.4, -0.2) is 46.9 Å². The van der Waals surface area contributed by atoms with E-state index in [2.05, 4.69) is 10.2 Å². The van der Waals surface area contributed by atoms with E-state index in [1.54, 1.807) is 24.3 Å². The Morgan fingerprint density at radius 3 is 2.32 bits per heavy atom. The molecule has 0 radical (unpaired) electrons. The fourth-order valence-electron chi connectivity index (χ4n) is 3.44. The Morgan fingerprint density at radius 2 is 1.75 bits per heavy atom. The van der Waals surface area contributed by atoms with Gasteiger partial charge in [0.25, 0.3) is 5.91 Å². The van der Waals surface area contributed by atoms with E-state index in [1.165, 1.54) is 33.5 Å². The number of amides is 1. The second-order valence-corrected chi connectivity index (χ2v) is 6.70. The van der Waals surface area contributed by atoms with E-state index in [1.807, 2.05) is 0 Å². The van der Waals surface area contributed by atoms with Crippen LogP contribution in [0.25, 0.3) is 0 Å².